The van der Waals surface area contributed by atoms with Crippen molar-refractivity contribution in [1.29, 1.82) is 0 Å². The molecule has 0 aliphatic carbocycles. The van der Waals surface area contributed by atoms with Crippen molar-refractivity contribution in [2.24, 2.45) is 16.8 Å². The van der Waals surface area contributed by atoms with Gasteiger partial charge < -0.3 is 14.8 Å². The molecule has 0 radical (unpaired) electrons. The molecule has 2 heterocycles. The van der Waals surface area contributed by atoms with Crippen molar-refractivity contribution in [3.8, 4) is 0 Å². The van der Waals surface area contributed by atoms with E-state index in [1.165, 1.54) is 6.08 Å². The summed E-state index contributed by atoms with van der Waals surface area (Å²) in [5, 5.41) is 4.50. The molecule has 2 atom stereocenters. The van der Waals surface area contributed by atoms with Gasteiger partial charge in [0.1, 0.15) is 6.61 Å². The molecule has 2 rings (SSSR count). The fourth-order valence-electron chi connectivity index (χ4n) is 1.76. The summed E-state index contributed by atoms with van der Waals surface area (Å²) in [5.41, 5.74) is 0. The fourth-order valence-corrected chi connectivity index (χ4v) is 1.76. The van der Waals surface area contributed by atoms with Crippen LogP contribution in [-0.2, 0) is 29.0 Å². The van der Waals surface area contributed by atoms with Gasteiger partial charge in [-0.2, -0.15) is 0 Å². The molecule has 5 heteroatoms. The summed E-state index contributed by atoms with van der Waals surface area (Å²) >= 11 is 0. The summed E-state index contributed by atoms with van der Waals surface area (Å²) in [6, 6.07) is 0.535. The van der Waals surface area contributed by atoms with E-state index in [4.69, 9.17) is 9.47 Å². The minimum atomic E-state index is 0. The molecule has 114 valence electrons. The molecular weight excluding hydrogens is 318 g/mol. The van der Waals surface area contributed by atoms with Crippen molar-refractivity contribution < 1.29 is 29.0 Å². The molecular formula is C16H26N2O2Zn. The van der Waals surface area contributed by atoms with Crippen LogP contribution >= 0.6 is 0 Å². The fraction of sp³-hybridized carbons (Fsp3) is 0.625. The molecule has 0 aromatic heterocycles. The van der Waals surface area contributed by atoms with Crippen LogP contribution in [0.1, 0.15) is 27.7 Å². The van der Waals surface area contributed by atoms with Gasteiger partial charge in [0.15, 0.2) is 0 Å². The minimum absolute atomic E-state index is 0. The van der Waals surface area contributed by atoms with E-state index in [1.54, 1.807) is 0 Å². The number of aliphatic imine (C=N–C) groups is 1. The standard InChI is InChI=1S/C13H21N2O2.C3H5.Zn/c1-8(2)10-6-16-12(14-10)5-13-15-11(7-17-13)9(3)4;1-3-2;/h5,8-11H,6-7H2,1-4H3;3H,1-2H2;/q2*-1;+2/b12-5-;;/t10-,11-;;/m0../s1. The molecule has 0 spiro atoms. The van der Waals surface area contributed by atoms with Crippen molar-refractivity contribution in [3.63, 3.8) is 0 Å². The maximum Gasteiger partial charge on any atom is 2.00 e. The van der Waals surface area contributed by atoms with E-state index in [1.807, 2.05) is 6.08 Å². The van der Waals surface area contributed by atoms with Crippen molar-refractivity contribution >= 4 is 5.90 Å². The summed E-state index contributed by atoms with van der Waals surface area (Å²) in [6.07, 6.45) is 3.31. The number of ether oxygens (including phenoxy) is 2. The summed E-state index contributed by atoms with van der Waals surface area (Å²) in [7, 11) is 0. The van der Waals surface area contributed by atoms with E-state index >= 15 is 0 Å². The zero-order valence-corrected chi connectivity index (χ0v) is 16.7. The average molecular weight is 344 g/mol. The van der Waals surface area contributed by atoms with Gasteiger partial charge in [0.05, 0.1) is 12.6 Å². The first-order chi connectivity index (χ1) is 9.47. The summed E-state index contributed by atoms with van der Waals surface area (Å²) in [6.45, 7) is 16.4. The van der Waals surface area contributed by atoms with Crippen LogP contribution < -0.4 is 0 Å². The molecule has 0 amide bonds. The first kappa shape index (κ1) is 20.0. The van der Waals surface area contributed by atoms with Crippen molar-refractivity contribution in [1.82, 2.24) is 0 Å². The second-order valence-corrected chi connectivity index (χ2v) is 5.61. The zero-order chi connectivity index (χ0) is 15.1. The van der Waals surface area contributed by atoms with Crippen molar-refractivity contribution in [2.45, 2.75) is 39.8 Å². The van der Waals surface area contributed by atoms with Crippen LogP contribution in [0.2, 0.25) is 0 Å². The Labute approximate surface area is 141 Å². The molecule has 0 bridgehead atoms. The molecule has 21 heavy (non-hydrogen) atoms. The number of allylic oxidation sites excluding steroid dienone is 1. The van der Waals surface area contributed by atoms with Gasteiger partial charge in [0.25, 0.3) is 0 Å². The topological polar surface area (TPSA) is 44.9 Å². The van der Waals surface area contributed by atoms with Crippen LogP contribution in [0.5, 0.6) is 0 Å². The van der Waals surface area contributed by atoms with Gasteiger partial charge in [0.2, 0.25) is 5.90 Å². The molecule has 2 aliphatic rings. The zero-order valence-electron chi connectivity index (χ0n) is 13.7. The van der Waals surface area contributed by atoms with Gasteiger partial charge in [0, 0.05) is 12.0 Å². The van der Waals surface area contributed by atoms with Crippen LogP contribution in [0.15, 0.2) is 29.6 Å². The number of nitrogens with zero attached hydrogens (tertiary/aromatic N) is 2. The van der Waals surface area contributed by atoms with E-state index in [0.717, 1.165) is 0 Å². The van der Waals surface area contributed by atoms with E-state index in [9.17, 15) is 0 Å². The van der Waals surface area contributed by atoms with Crippen LogP contribution in [0.25, 0.3) is 5.32 Å². The number of rotatable bonds is 3. The van der Waals surface area contributed by atoms with Crippen molar-refractivity contribution in [2.75, 3.05) is 13.2 Å². The maximum atomic E-state index is 5.52. The predicted molar refractivity (Wildman–Crippen MR) is 83.6 cm³/mol. The Morgan fingerprint density at radius 1 is 1.24 bits per heavy atom. The second-order valence-electron chi connectivity index (χ2n) is 5.61. The summed E-state index contributed by atoms with van der Waals surface area (Å²) < 4.78 is 11.0. The van der Waals surface area contributed by atoms with Crippen molar-refractivity contribution in [3.05, 3.63) is 36.9 Å². The third kappa shape index (κ3) is 6.56. The largest absolute Gasteiger partial charge is 2.00 e. The third-order valence-corrected chi connectivity index (χ3v) is 3.18. The molecule has 0 N–H and O–H groups in total. The van der Waals surface area contributed by atoms with Gasteiger partial charge in [-0.3, -0.25) is 0 Å². The third-order valence-electron chi connectivity index (χ3n) is 3.18. The van der Waals surface area contributed by atoms with Crippen LogP contribution in [0.4, 0.5) is 0 Å². The Hall–Kier alpha value is -0.957. The van der Waals surface area contributed by atoms with Gasteiger partial charge in [-0.25, -0.2) is 24.6 Å². The quantitative estimate of drug-likeness (QED) is 0.579. The number of hydrogen-bond acceptors (Lipinski definition) is 3. The first-order valence-corrected chi connectivity index (χ1v) is 7.14. The summed E-state index contributed by atoms with van der Waals surface area (Å²) in [4.78, 5) is 4.50. The number of hydrogen-bond donors (Lipinski definition) is 0. The first-order valence-electron chi connectivity index (χ1n) is 7.14. The van der Waals surface area contributed by atoms with Gasteiger partial charge in [-0.15, -0.1) is 0 Å². The monoisotopic (exact) mass is 342 g/mol. The molecule has 0 unspecified atom stereocenters. The molecule has 0 saturated carbocycles. The van der Waals surface area contributed by atoms with E-state index in [2.05, 4.69) is 51.5 Å². The average Bonchev–Trinajstić information content (AvgIpc) is 2.99. The van der Waals surface area contributed by atoms with E-state index in [-0.39, 0.29) is 31.6 Å². The molecule has 2 aliphatic heterocycles. The Kier molecular flexibility index (Phi) is 9.44. The SMILES string of the molecule is C=C[CH2-].CC(C)[C@@H]1COC(/C=C2/[N-][C@H](C(C)C)CO2)=N1.[Zn+2]. The predicted octanol–water partition coefficient (Wildman–Crippen LogP) is 3.71. The van der Waals surface area contributed by atoms with Gasteiger partial charge >= 0.3 is 19.5 Å². The van der Waals surface area contributed by atoms with Gasteiger partial charge in [-0.1, -0.05) is 39.7 Å². The van der Waals surface area contributed by atoms with Crippen LogP contribution in [0.3, 0.4) is 0 Å². The normalized spacial score (nSPS) is 25.2. The summed E-state index contributed by atoms with van der Waals surface area (Å²) in [5.74, 6) is 2.34. The Morgan fingerprint density at radius 2 is 1.86 bits per heavy atom. The van der Waals surface area contributed by atoms with E-state index < -0.39 is 0 Å². The maximum absolute atomic E-state index is 5.52. The van der Waals surface area contributed by atoms with Crippen LogP contribution in [-0.4, -0.2) is 31.2 Å². The smallest absolute Gasteiger partial charge is 0.648 e. The minimum Gasteiger partial charge on any atom is -0.648 e. The Bertz CT molecular complexity index is 378. The van der Waals surface area contributed by atoms with E-state index in [0.29, 0.717) is 36.8 Å². The molecule has 4 nitrogen and oxygen atoms in total. The van der Waals surface area contributed by atoms with Gasteiger partial charge in [-0.05, 0) is 5.92 Å². The Morgan fingerprint density at radius 3 is 2.29 bits per heavy atom. The second kappa shape index (κ2) is 9.89. The van der Waals surface area contributed by atoms with Crippen LogP contribution in [0, 0.1) is 18.8 Å². The molecule has 0 aromatic carbocycles. The molecule has 1 fully saturated rings. The Balaban J connectivity index is 0.000000922. The molecule has 1 saturated heterocycles. The molecule has 0 aromatic rings.